The highest BCUT2D eigenvalue weighted by atomic mass is 14.6. The fourth-order valence-electron chi connectivity index (χ4n) is 1.10. The SMILES string of the molecule is C=C(CC)CCCC(N)C(C)C. The molecule has 1 unspecified atom stereocenters. The van der Waals surface area contributed by atoms with Crippen molar-refractivity contribution in [3.8, 4) is 0 Å². The zero-order chi connectivity index (χ0) is 9.56. The molecule has 0 saturated carbocycles. The van der Waals surface area contributed by atoms with Crippen LogP contribution in [0.2, 0.25) is 0 Å². The molecule has 1 nitrogen and oxygen atoms in total. The van der Waals surface area contributed by atoms with E-state index in [-0.39, 0.29) is 0 Å². The first-order valence-electron chi connectivity index (χ1n) is 5.00. The Hall–Kier alpha value is -0.300. The van der Waals surface area contributed by atoms with E-state index in [1.807, 2.05) is 0 Å². The second-order valence-electron chi connectivity index (χ2n) is 3.90. The van der Waals surface area contributed by atoms with Crippen molar-refractivity contribution in [1.29, 1.82) is 0 Å². The predicted molar refractivity (Wildman–Crippen MR) is 56.1 cm³/mol. The summed E-state index contributed by atoms with van der Waals surface area (Å²) in [5.74, 6) is 0.611. The molecule has 0 aliphatic rings. The monoisotopic (exact) mass is 169 g/mol. The zero-order valence-electron chi connectivity index (χ0n) is 8.77. The Morgan fingerprint density at radius 3 is 2.42 bits per heavy atom. The van der Waals surface area contributed by atoms with Gasteiger partial charge in [-0.25, -0.2) is 0 Å². The van der Waals surface area contributed by atoms with Gasteiger partial charge in [-0.2, -0.15) is 0 Å². The molecule has 0 radical (unpaired) electrons. The van der Waals surface area contributed by atoms with Gasteiger partial charge in [-0.05, 0) is 31.6 Å². The molecule has 0 amide bonds. The molecule has 12 heavy (non-hydrogen) atoms. The third kappa shape index (κ3) is 5.36. The van der Waals surface area contributed by atoms with Crippen LogP contribution < -0.4 is 5.73 Å². The van der Waals surface area contributed by atoms with Gasteiger partial charge in [0, 0.05) is 6.04 Å². The first kappa shape index (κ1) is 11.7. The number of nitrogens with two attached hydrogens (primary N) is 1. The van der Waals surface area contributed by atoms with E-state index in [2.05, 4.69) is 27.4 Å². The Balaban J connectivity index is 3.37. The average Bonchev–Trinajstić information content (AvgIpc) is 2.03. The van der Waals surface area contributed by atoms with Crippen LogP contribution >= 0.6 is 0 Å². The lowest BCUT2D eigenvalue weighted by Gasteiger charge is -2.15. The molecular formula is C11H23N. The minimum absolute atomic E-state index is 0.370. The normalized spacial score (nSPS) is 13.4. The second kappa shape index (κ2) is 6.24. The Bertz CT molecular complexity index is 127. The van der Waals surface area contributed by atoms with Crippen molar-refractivity contribution < 1.29 is 0 Å². The molecule has 0 saturated heterocycles. The van der Waals surface area contributed by atoms with Crippen LogP contribution in [0.15, 0.2) is 12.2 Å². The van der Waals surface area contributed by atoms with E-state index >= 15 is 0 Å². The summed E-state index contributed by atoms with van der Waals surface area (Å²) in [6, 6.07) is 0.370. The summed E-state index contributed by atoms with van der Waals surface area (Å²) in [5.41, 5.74) is 7.27. The fourth-order valence-corrected chi connectivity index (χ4v) is 1.10. The van der Waals surface area contributed by atoms with Crippen LogP contribution in [-0.4, -0.2) is 6.04 Å². The van der Waals surface area contributed by atoms with Crippen LogP contribution in [0.4, 0.5) is 0 Å². The molecule has 0 aliphatic carbocycles. The van der Waals surface area contributed by atoms with Gasteiger partial charge in [0.25, 0.3) is 0 Å². The van der Waals surface area contributed by atoms with Crippen molar-refractivity contribution in [2.75, 3.05) is 0 Å². The molecule has 1 heteroatoms. The quantitative estimate of drug-likeness (QED) is 0.607. The maximum absolute atomic E-state index is 5.91. The van der Waals surface area contributed by atoms with Crippen molar-refractivity contribution >= 4 is 0 Å². The highest BCUT2D eigenvalue weighted by molar-refractivity contribution is 4.92. The van der Waals surface area contributed by atoms with E-state index in [1.54, 1.807) is 0 Å². The van der Waals surface area contributed by atoms with Crippen LogP contribution in [0, 0.1) is 5.92 Å². The van der Waals surface area contributed by atoms with Crippen molar-refractivity contribution in [2.24, 2.45) is 11.7 Å². The Labute approximate surface area is 77.0 Å². The van der Waals surface area contributed by atoms with Crippen molar-refractivity contribution in [3.63, 3.8) is 0 Å². The third-order valence-electron chi connectivity index (χ3n) is 2.42. The molecule has 0 aliphatic heterocycles. The van der Waals surface area contributed by atoms with Crippen LogP contribution in [0.25, 0.3) is 0 Å². The molecular weight excluding hydrogens is 146 g/mol. The predicted octanol–water partition coefficient (Wildman–Crippen LogP) is 3.11. The van der Waals surface area contributed by atoms with Crippen molar-refractivity contribution in [2.45, 2.75) is 52.5 Å². The maximum atomic E-state index is 5.91. The van der Waals surface area contributed by atoms with E-state index < -0.39 is 0 Å². The van der Waals surface area contributed by atoms with Gasteiger partial charge in [0.05, 0.1) is 0 Å². The van der Waals surface area contributed by atoms with E-state index in [0.717, 1.165) is 19.3 Å². The smallest absolute Gasteiger partial charge is 0.00620 e. The Kier molecular flexibility index (Phi) is 6.09. The topological polar surface area (TPSA) is 26.0 Å². The van der Waals surface area contributed by atoms with Gasteiger partial charge < -0.3 is 5.73 Å². The highest BCUT2D eigenvalue weighted by Crippen LogP contribution is 2.12. The summed E-state index contributed by atoms with van der Waals surface area (Å²) in [6.45, 7) is 10.5. The second-order valence-corrected chi connectivity index (χ2v) is 3.90. The largest absolute Gasteiger partial charge is 0.327 e. The molecule has 0 rings (SSSR count). The summed E-state index contributed by atoms with van der Waals surface area (Å²) >= 11 is 0. The summed E-state index contributed by atoms with van der Waals surface area (Å²) in [7, 11) is 0. The molecule has 0 aromatic rings. The van der Waals surface area contributed by atoms with Gasteiger partial charge in [0.15, 0.2) is 0 Å². The maximum Gasteiger partial charge on any atom is 0.00620 e. The standard InChI is InChI=1S/C11H23N/c1-5-10(4)7-6-8-11(12)9(2)3/h9,11H,4-8,12H2,1-3H3. The van der Waals surface area contributed by atoms with E-state index in [9.17, 15) is 0 Å². The van der Waals surface area contributed by atoms with E-state index in [4.69, 9.17) is 5.73 Å². The van der Waals surface area contributed by atoms with Crippen LogP contribution in [0.5, 0.6) is 0 Å². The van der Waals surface area contributed by atoms with Crippen LogP contribution in [-0.2, 0) is 0 Å². The minimum Gasteiger partial charge on any atom is -0.327 e. The molecule has 0 heterocycles. The van der Waals surface area contributed by atoms with Gasteiger partial charge >= 0.3 is 0 Å². The number of allylic oxidation sites excluding steroid dienone is 1. The van der Waals surface area contributed by atoms with Crippen molar-refractivity contribution in [1.82, 2.24) is 0 Å². The molecule has 0 spiro atoms. The average molecular weight is 169 g/mol. The summed E-state index contributed by atoms with van der Waals surface area (Å²) in [6.07, 6.45) is 4.59. The highest BCUT2D eigenvalue weighted by Gasteiger charge is 2.06. The molecule has 0 fully saturated rings. The third-order valence-corrected chi connectivity index (χ3v) is 2.42. The Morgan fingerprint density at radius 1 is 1.42 bits per heavy atom. The lowest BCUT2D eigenvalue weighted by molar-refractivity contribution is 0.451. The molecule has 72 valence electrons. The van der Waals surface area contributed by atoms with Crippen LogP contribution in [0.1, 0.15) is 46.5 Å². The summed E-state index contributed by atoms with van der Waals surface area (Å²) in [4.78, 5) is 0. The minimum atomic E-state index is 0.370. The van der Waals surface area contributed by atoms with Gasteiger partial charge in [0.2, 0.25) is 0 Å². The zero-order valence-corrected chi connectivity index (χ0v) is 8.77. The molecule has 1 atom stereocenters. The number of hydrogen-bond acceptors (Lipinski definition) is 1. The fraction of sp³-hybridized carbons (Fsp3) is 0.818. The van der Waals surface area contributed by atoms with Gasteiger partial charge in [-0.15, -0.1) is 0 Å². The van der Waals surface area contributed by atoms with Crippen LogP contribution in [0.3, 0.4) is 0 Å². The number of hydrogen-bond donors (Lipinski definition) is 1. The summed E-state index contributed by atoms with van der Waals surface area (Å²) in [5, 5.41) is 0. The van der Waals surface area contributed by atoms with Crippen molar-refractivity contribution in [3.05, 3.63) is 12.2 Å². The van der Waals surface area contributed by atoms with E-state index in [1.165, 1.54) is 12.0 Å². The van der Waals surface area contributed by atoms with E-state index in [0.29, 0.717) is 12.0 Å². The van der Waals surface area contributed by atoms with Gasteiger partial charge in [-0.3, -0.25) is 0 Å². The molecule has 0 aromatic heterocycles. The van der Waals surface area contributed by atoms with Gasteiger partial charge in [0.1, 0.15) is 0 Å². The molecule has 0 bridgehead atoms. The first-order valence-corrected chi connectivity index (χ1v) is 5.00. The van der Waals surface area contributed by atoms with Gasteiger partial charge in [-0.1, -0.05) is 32.9 Å². The lowest BCUT2D eigenvalue weighted by atomic mass is 9.97. The summed E-state index contributed by atoms with van der Waals surface area (Å²) < 4.78 is 0. The molecule has 2 N–H and O–H groups in total. The lowest BCUT2D eigenvalue weighted by Crippen LogP contribution is -2.25. The first-order chi connectivity index (χ1) is 5.57. The number of rotatable bonds is 6. The Morgan fingerprint density at radius 2 is 2.00 bits per heavy atom. The molecule has 0 aromatic carbocycles.